The molecule has 1 fully saturated rings. The zero-order chi connectivity index (χ0) is 18.7. The number of carbonyl (C=O) groups excluding carboxylic acids is 4. The van der Waals surface area contributed by atoms with Crippen molar-refractivity contribution in [1.29, 1.82) is 0 Å². The van der Waals surface area contributed by atoms with Gasteiger partial charge in [-0.15, -0.1) is 0 Å². The first-order chi connectivity index (χ1) is 11.7. The molecule has 1 heterocycles. The van der Waals surface area contributed by atoms with Crippen LogP contribution in [-0.4, -0.2) is 60.4 Å². The van der Waals surface area contributed by atoms with Crippen molar-refractivity contribution in [2.24, 2.45) is 0 Å². The van der Waals surface area contributed by atoms with Gasteiger partial charge in [-0.1, -0.05) is 34.8 Å². The molecular weight excluding hydrogens is 397 g/mol. The number of hydrogen-bond donors (Lipinski definition) is 1. The Kier molecular flexibility index (Phi) is 6.10. The van der Waals surface area contributed by atoms with E-state index in [0.29, 0.717) is 5.02 Å². The predicted octanol–water partition coefficient (Wildman–Crippen LogP) is 2.02. The maximum absolute atomic E-state index is 11.8. The van der Waals surface area contributed by atoms with Crippen LogP contribution in [0.4, 0.5) is 10.5 Å². The number of rotatable bonds is 5. The van der Waals surface area contributed by atoms with Gasteiger partial charge in [0.25, 0.3) is 11.8 Å². The van der Waals surface area contributed by atoms with Crippen molar-refractivity contribution in [2.45, 2.75) is 0 Å². The van der Waals surface area contributed by atoms with Crippen LogP contribution in [0.1, 0.15) is 0 Å². The summed E-state index contributed by atoms with van der Waals surface area (Å²) in [6.45, 7) is -1.32. The molecule has 0 spiro atoms. The lowest BCUT2D eigenvalue weighted by Crippen LogP contribution is -2.37. The summed E-state index contributed by atoms with van der Waals surface area (Å²) in [6.07, 6.45) is 0. The second-order valence-corrected chi connectivity index (χ2v) is 6.32. The largest absolute Gasteiger partial charge is 0.454 e. The lowest BCUT2D eigenvalue weighted by Gasteiger charge is -2.13. The van der Waals surface area contributed by atoms with Crippen molar-refractivity contribution in [3.8, 4) is 0 Å². The van der Waals surface area contributed by atoms with Gasteiger partial charge in [-0.25, -0.2) is 4.79 Å². The highest BCUT2D eigenvalue weighted by molar-refractivity contribution is 6.42. The minimum Gasteiger partial charge on any atom is -0.454 e. The molecule has 1 N–H and O–H groups in total. The number of imide groups is 1. The molecule has 1 aromatic carbocycles. The normalized spacial score (nSPS) is 14.1. The second kappa shape index (κ2) is 7.90. The highest BCUT2D eigenvalue weighted by Crippen LogP contribution is 2.33. The van der Waals surface area contributed by atoms with Crippen LogP contribution in [0.2, 0.25) is 15.1 Å². The van der Waals surface area contributed by atoms with E-state index in [-0.39, 0.29) is 22.3 Å². The maximum Gasteiger partial charge on any atom is 0.327 e. The third kappa shape index (κ3) is 4.75. The average Bonchev–Trinajstić information content (AvgIpc) is 2.75. The third-order valence-corrected chi connectivity index (χ3v) is 3.97. The highest BCUT2D eigenvalue weighted by atomic mass is 35.5. The number of anilines is 1. The number of likely N-dealkylation sites (N-methyl/N-ethyl adjacent to an activating group) is 1. The lowest BCUT2D eigenvalue weighted by molar-refractivity contribution is -0.149. The highest BCUT2D eigenvalue weighted by Gasteiger charge is 2.35. The van der Waals surface area contributed by atoms with Gasteiger partial charge in [0.1, 0.15) is 13.1 Å². The number of ether oxygens (including phenoxy) is 1. The summed E-state index contributed by atoms with van der Waals surface area (Å²) in [5.74, 6) is -2.12. The van der Waals surface area contributed by atoms with E-state index in [2.05, 4.69) is 5.32 Å². The molecule has 134 valence electrons. The number of nitrogens with zero attached hydrogens (tertiary/aromatic N) is 2. The second-order valence-electron chi connectivity index (χ2n) is 5.07. The fourth-order valence-electron chi connectivity index (χ4n) is 1.98. The number of carbonyl (C=O) groups is 4. The molecule has 0 unspecified atom stereocenters. The lowest BCUT2D eigenvalue weighted by atomic mass is 10.3. The topological polar surface area (TPSA) is 96.0 Å². The number of amides is 4. The van der Waals surface area contributed by atoms with Gasteiger partial charge in [-0.2, -0.15) is 0 Å². The van der Waals surface area contributed by atoms with Crippen LogP contribution in [-0.2, 0) is 19.1 Å². The quantitative estimate of drug-likeness (QED) is 0.594. The maximum atomic E-state index is 11.8. The van der Waals surface area contributed by atoms with E-state index in [1.165, 1.54) is 19.2 Å². The van der Waals surface area contributed by atoms with Gasteiger partial charge < -0.3 is 15.0 Å². The van der Waals surface area contributed by atoms with Crippen LogP contribution in [0, 0.1) is 0 Å². The van der Waals surface area contributed by atoms with E-state index in [9.17, 15) is 19.2 Å². The number of hydrogen-bond acceptors (Lipinski definition) is 5. The summed E-state index contributed by atoms with van der Waals surface area (Å²) < 4.78 is 4.75. The van der Waals surface area contributed by atoms with E-state index in [4.69, 9.17) is 39.5 Å². The van der Waals surface area contributed by atoms with Gasteiger partial charge in [0.05, 0.1) is 15.7 Å². The predicted molar refractivity (Wildman–Crippen MR) is 90.8 cm³/mol. The Morgan fingerprint density at radius 3 is 2.32 bits per heavy atom. The molecule has 8 nitrogen and oxygen atoms in total. The molecule has 1 aromatic rings. The Bertz CT molecular complexity index is 732. The third-order valence-electron chi connectivity index (χ3n) is 3.15. The van der Waals surface area contributed by atoms with Crippen LogP contribution in [0.25, 0.3) is 0 Å². The fourth-order valence-corrected chi connectivity index (χ4v) is 2.89. The van der Waals surface area contributed by atoms with Crippen LogP contribution in [0.3, 0.4) is 0 Å². The Balaban J connectivity index is 1.87. The Hall–Kier alpha value is -2.03. The van der Waals surface area contributed by atoms with Crippen LogP contribution in [0.5, 0.6) is 0 Å². The smallest absolute Gasteiger partial charge is 0.327 e. The van der Waals surface area contributed by atoms with E-state index in [0.717, 1.165) is 9.80 Å². The summed E-state index contributed by atoms with van der Waals surface area (Å²) in [5, 5.41) is 2.92. The SMILES string of the molecule is CN1CC(=O)N(CC(=O)OCC(=O)Nc2c(Cl)cc(Cl)cc2Cl)C1=O. The number of nitrogens with one attached hydrogen (secondary N) is 1. The van der Waals surface area contributed by atoms with Crippen molar-refractivity contribution in [2.75, 3.05) is 32.1 Å². The molecular formula is C14H12Cl3N3O5. The molecule has 0 aliphatic carbocycles. The van der Waals surface area contributed by atoms with Gasteiger partial charge in [-0.05, 0) is 12.1 Å². The Morgan fingerprint density at radius 1 is 1.20 bits per heavy atom. The van der Waals surface area contributed by atoms with Gasteiger partial charge in [0.2, 0.25) is 0 Å². The molecule has 2 rings (SSSR count). The molecule has 1 saturated heterocycles. The summed E-state index contributed by atoms with van der Waals surface area (Å²) in [6, 6.07) is 2.17. The first-order valence-corrected chi connectivity index (χ1v) is 7.98. The van der Waals surface area contributed by atoms with Crippen molar-refractivity contribution in [3.63, 3.8) is 0 Å². The molecule has 25 heavy (non-hydrogen) atoms. The molecule has 1 aliphatic heterocycles. The molecule has 11 heteroatoms. The first kappa shape index (κ1) is 19.3. The van der Waals surface area contributed by atoms with Crippen molar-refractivity contribution in [3.05, 3.63) is 27.2 Å². The van der Waals surface area contributed by atoms with E-state index >= 15 is 0 Å². The zero-order valence-corrected chi connectivity index (χ0v) is 15.1. The molecule has 0 aromatic heterocycles. The summed E-state index contributed by atoms with van der Waals surface area (Å²) in [4.78, 5) is 48.6. The Morgan fingerprint density at radius 2 is 1.80 bits per heavy atom. The van der Waals surface area contributed by atoms with Crippen molar-refractivity contribution in [1.82, 2.24) is 9.80 Å². The molecule has 0 saturated carbocycles. The molecule has 1 aliphatic rings. The fraction of sp³-hybridized carbons (Fsp3) is 0.286. The average molecular weight is 409 g/mol. The number of urea groups is 1. The summed E-state index contributed by atoms with van der Waals surface area (Å²) in [7, 11) is 1.43. The van der Waals surface area contributed by atoms with Gasteiger partial charge in [-0.3, -0.25) is 19.3 Å². The first-order valence-electron chi connectivity index (χ1n) is 6.84. The van der Waals surface area contributed by atoms with E-state index in [1.807, 2.05) is 0 Å². The van der Waals surface area contributed by atoms with Crippen LogP contribution in [0.15, 0.2) is 12.1 Å². The minimum absolute atomic E-state index is 0.111. The molecule has 4 amide bonds. The summed E-state index contributed by atoms with van der Waals surface area (Å²) >= 11 is 17.6. The monoisotopic (exact) mass is 407 g/mol. The Labute approximate surface area is 157 Å². The molecule has 0 bridgehead atoms. The number of esters is 1. The minimum atomic E-state index is -0.902. The molecule has 0 atom stereocenters. The van der Waals surface area contributed by atoms with E-state index in [1.54, 1.807) is 0 Å². The van der Waals surface area contributed by atoms with Crippen molar-refractivity contribution >= 4 is 64.3 Å². The number of halogens is 3. The van der Waals surface area contributed by atoms with E-state index < -0.39 is 37.0 Å². The van der Waals surface area contributed by atoms with Gasteiger partial charge in [0, 0.05) is 12.1 Å². The molecule has 0 radical (unpaired) electrons. The van der Waals surface area contributed by atoms with Crippen molar-refractivity contribution < 1.29 is 23.9 Å². The zero-order valence-electron chi connectivity index (χ0n) is 12.8. The number of benzene rings is 1. The van der Waals surface area contributed by atoms with Crippen LogP contribution >= 0.6 is 34.8 Å². The standard InChI is InChI=1S/C14H12Cl3N3O5/c1-19-4-11(22)20(14(19)24)5-12(23)25-6-10(21)18-13-8(16)2-7(15)3-9(13)17/h2-3H,4-6H2,1H3,(H,18,21). The van der Waals surface area contributed by atoms with Gasteiger partial charge >= 0.3 is 12.0 Å². The van der Waals surface area contributed by atoms with Crippen LogP contribution < -0.4 is 5.32 Å². The van der Waals surface area contributed by atoms with Gasteiger partial charge in [0.15, 0.2) is 6.61 Å². The summed E-state index contributed by atoms with van der Waals surface area (Å²) in [5.41, 5.74) is 0.125.